The van der Waals surface area contributed by atoms with Gasteiger partial charge in [0, 0.05) is 24.4 Å². The number of benzene rings is 2. The van der Waals surface area contributed by atoms with Crippen LogP contribution in [0.25, 0.3) is 10.8 Å². The molecule has 2 aromatic carbocycles. The number of aliphatic hydroxyl groups is 1. The standard InChI is InChI=1S/C29H37NO4/c1-19-8-7-13-29(2)15-27-23(14-25(19)29)24(28(32)34-27)17-30(3)16-21(31)18-33-26-12-6-10-20-9-4-5-11-22(20)26/h4-6,9-12,21,23-25,27,31H,1,7-8,13-18H2,2-3H3/t21-,23+,24+,25-,27+,29+/m0/s1. The number of ether oxygens (including phenoxy) is 2. The number of carbonyl (C=O) groups excluding carboxylic acids is 1. The van der Waals surface area contributed by atoms with Gasteiger partial charge in [0.2, 0.25) is 0 Å². The minimum Gasteiger partial charge on any atom is -0.490 e. The molecular formula is C29H37NO4. The van der Waals surface area contributed by atoms with Crippen LogP contribution in [0.3, 0.4) is 0 Å². The molecule has 1 aliphatic heterocycles. The fraction of sp³-hybridized carbons (Fsp3) is 0.552. The predicted molar refractivity (Wildman–Crippen MR) is 134 cm³/mol. The summed E-state index contributed by atoms with van der Waals surface area (Å²) in [6.45, 7) is 7.99. The van der Waals surface area contributed by atoms with Gasteiger partial charge < -0.3 is 19.5 Å². The van der Waals surface area contributed by atoms with Crippen LogP contribution in [-0.4, -0.2) is 54.9 Å². The summed E-state index contributed by atoms with van der Waals surface area (Å²) in [7, 11) is 1.97. The SMILES string of the molecule is C=C1CCC[C@]2(C)C[C@H]3OC(=O)[C@H](CN(C)C[C@H](O)COc4cccc5ccccc45)[C@H]3C[C@@H]12. The Morgan fingerprint density at radius 1 is 1.26 bits per heavy atom. The second kappa shape index (κ2) is 9.35. The Kier molecular flexibility index (Phi) is 6.43. The van der Waals surface area contributed by atoms with Gasteiger partial charge in [0.25, 0.3) is 0 Å². The molecule has 0 bridgehead atoms. The van der Waals surface area contributed by atoms with Crippen LogP contribution in [0, 0.1) is 23.2 Å². The lowest BCUT2D eigenvalue weighted by Gasteiger charge is -2.50. The van der Waals surface area contributed by atoms with Gasteiger partial charge in [-0.3, -0.25) is 4.79 Å². The number of aliphatic hydroxyl groups excluding tert-OH is 1. The highest BCUT2D eigenvalue weighted by Gasteiger charge is 2.55. The zero-order valence-electron chi connectivity index (χ0n) is 20.4. The van der Waals surface area contributed by atoms with Gasteiger partial charge in [-0.25, -0.2) is 0 Å². The van der Waals surface area contributed by atoms with Crippen LogP contribution in [0.1, 0.15) is 39.0 Å². The van der Waals surface area contributed by atoms with Crippen molar-refractivity contribution in [1.29, 1.82) is 0 Å². The van der Waals surface area contributed by atoms with Crippen molar-refractivity contribution in [2.45, 2.75) is 51.2 Å². The van der Waals surface area contributed by atoms with E-state index in [4.69, 9.17) is 9.47 Å². The van der Waals surface area contributed by atoms with Crippen molar-refractivity contribution in [2.75, 3.05) is 26.7 Å². The van der Waals surface area contributed by atoms with Crippen LogP contribution in [0.15, 0.2) is 54.6 Å². The number of carbonyl (C=O) groups is 1. The van der Waals surface area contributed by atoms with Crippen LogP contribution in [0.4, 0.5) is 0 Å². The lowest BCUT2D eigenvalue weighted by molar-refractivity contribution is -0.146. The lowest BCUT2D eigenvalue weighted by atomic mass is 9.55. The largest absolute Gasteiger partial charge is 0.490 e. The number of rotatable bonds is 7. The van der Waals surface area contributed by atoms with E-state index in [2.05, 4.69) is 30.5 Å². The number of hydrogen-bond donors (Lipinski definition) is 1. The van der Waals surface area contributed by atoms with Gasteiger partial charge >= 0.3 is 5.97 Å². The van der Waals surface area contributed by atoms with Crippen molar-refractivity contribution in [3.05, 3.63) is 54.6 Å². The average molecular weight is 464 g/mol. The van der Waals surface area contributed by atoms with Gasteiger partial charge in [-0.05, 0) is 61.9 Å². The summed E-state index contributed by atoms with van der Waals surface area (Å²) in [6, 6.07) is 14.0. The second-order valence-electron chi connectivity index (χ2n) is 11.1. The molecule has 0 amide bonds. The van der Waals surface area contributed by atoms with Crippen molar-refractivity contribution < 1.29 is 19.4 Å². The monoisotopic (exact) mass is 463 g/mol. The Morgan fingerprint density at radius 3 is 2.91 bits per heavy atom. The number of allylic oxidation sites excluding steroid dienone is 1. The Balaban J connectivity index is 1.17. The van der Waals surface area contributed by atoms with E-state index >= 15 is 0 Å². The maximum atomic E-state index is 12.8. The summed E-state index contributed by atoms with van der Waals surface area (Å²) in [4.78, 5) is 14.9. The molecule has 0 aromatic heterocycles. The molecule has 5 heteroatoms. The highest BCUT2D eigenvalue weighted by Crippen LogP contribution is 2.56. The Bertz CT molecular complexity index is 1060. The highest BCUT2D eigenvalue weighted by molar-refractivity contribution is 5.88. The smallest absolute Gasteiger partial charge is 0.310 e. The number of esters is 1. The first-order valence-corrected chi connectivity index (χ1v) is 12.7. The van der Waals surface area contributed by atoms with Crippen LogP contribution in [0.2, 0.25) is 0 Å². The van der Waals surface area contributed by atoms with E-state index in [9.17, 15) is 9.90 Å². The van der Waals surface area contributed by atoms with E-state index in [0.717, 1.165) is 35.8 Å². The van der Waals surface area contributed by atoms with Crippen molar-refractivity contribution in [1.82, 2.24) is 4.90 Å². The lowest BCUT2D eigenvalue weighted by Crippen LogP contribution is -2.46. The van der Waals surface area contributed by atoms with Gasteiger partial charge in [-0.2, -0.15) is 0 Å². The molecule has 5 nitrogen and oxygen atoms in total. The van der Waals surface area contributed by atoms with E-state index in [1.54, 1.807) is 0 Å². The number of likely N-dealkylation sites (N-methyl/N-ethyl adjacent to an activating group) is 1. The third-order valence-corrected chi connectivity index (χ3v) is 8.53. The molecule has 1 heterocycles. The zero-order chi connectivity index (χ0) is 23.9. The third kappa shape index (κ3) is 4.48. The van der Waals surface area contributed by atoms with E-state index in [1.165, 1.54) is 18.4 Å². The Hall–Kier alpha value is -2.37. The molecule has 3 fully saturated rings. The van der Waals surface area contributed by atoms with Crippen molar-refractivity contribution in [3.8, 4) is 5.75 Å². The number of hydrogen-bond acceptors (Lipinski definition) is 5. The summed E-state index contributed by atoms with van der Waals surface area (Å²) in [5.74, 6) is 1.30. The molecule has 0 spiro atoms. The van der Waals surface area contributed by atoms with E-state index in [0.29, 0.717) is 19.0 Å². The fourth-order valence-electron chi connectivity index (χ4n) is 6.80. The summed E-state index contributed by atoms with van der Waals surface area (Å²) in [6.07, 6.45) is 4.83. The normalized spacial score (nSPS) is 31.8. The molecule has 2 aliphatic carbocycles. The molecular weight excluding hydrogens is 426 g/mol. The first-order chi connectivity index (χ1) is 16.3. The van der Waals surface area contributed by atoms with Crippen LogP contribution in [0.5, 0.6) is 5.75 Å². The summed E-state index contributed by atoms with van der Waals surface area (Å²) >= 11 is 0. The molecule has 2 aromatic rings. The first kappa shape index (κ1) is 23.4. The van der Waals surface area contributed by atoms with Gasteiger partial charge in [0.15, 0.2) is 0 Å². The first-order valence-electron chi connectivity index (χ1n) is 12.7. The van der Waals surface area contributed by atoms with Crippen LogP contribution < -0.4 is 4.74 Å². The maximum Gasteiger partial charge on any atom is 0.310 e. The van der Waals surface area contributed by atoms with E-state index in [1.807, 2.05) is 37.4 Å². The molecule has 1 saturated heterocycles. The minimum absolute atomic E-state index is 0.0256. The van der Waals surface area contributed by atoms with Gasteiger partial charge in [-0.1, -0.05) is 55.5 Å². The fourth-order valence-corrected chi connectivity index (χ4v) is 6.80. The molecule has 2 saturated carbocycles. The predicted octanol–water partition coefficient (Wildman–Crippen LogP) is 4.83. The van der Waals surface area contributed by atoms with Crippen LogP contribution >= 0.6 is 0 Å². The number of nitrogens with zero attached hydrogens (tertiary/aromatic N) is 1. The second-order valence-corrected chi connectivity index (χ2v) is 11.1. The van der Waals surface area contributed by atoms with Crippen molar-refractivity contribution in [3.63, 3.8) is 0 Å². The minimum atomic E-state index is -0.648. The summed E-state index contributed by atoms with van der Waals surface area (Å²) in [5, 5.41) is 12.8. The summed E-state index contributed by atoms with van der Waals surface area (Å²) < 4.78 is 11.9. The van der Waals surface area contributed by atoms with E-state index in [-0.39, 0.29) is 35.9 Å². The number of fused-ring (bicyclic) bond motifs is 3. The third-order valence-electron chi connectivity index (χ3n) is 8.53. The van der Waals surface area contributed by atoms with Crippen molar-refractivity contribution in [2.24, 2.45) is 23.2 Å². The van der Waals surface area contributed by atoms with E-state index < -0.39 is 6.10 Å². The van der Waals surface area contributed by atoms with Gasteiger partial charge in [0.1, 0.15) is 24.6 Å². The molecule has 34 heavy (non-hydrogen) atoms. The quantitative estimate of drug-likeness (QED) is 0.471. The highest BCUT2D eigenvalue weighted by atomic mass is 16.6. The van der Waals surface area contributed by atoms with Gasteiger partial charge in [0.05, 0.1) is 5.92 Å². The topological polar surface area (TPSA) is 59.0 Å². The Morgan fingerprint density at radius 2 is 2.06 bits per heavy atom. The Labute approximate surface area is 202 Å². The van der Waals surface area contributed by atoms with Crippen LogP contribution in [-0.2, 0) is 9.53 Å². The average Bonchev–Trinajstić information content (AvgIpc) is 3.09. The molecule has 3 aliphatic rings. The maximum absolute atomic E-state index is 12.8. The van der Waals surface area contributed by atoms with Crippen molar-refractivity contribution >= 4 is 16.7 Å². The molecule has 6 atom stereocenters. The summed E-state index contributed by atoms with van der Waals surface area (Å²) in [5.41, 5.74) is 1.58. The molecule has 182 valence electrons. The zero-order valence-corrected chi connectivity index (χ0v) is 20.4. The molecule has 5 rings (SSSR count). The molecule has 0 unspecified atom stereocenters. The molecule has 1 N–H and O–H groups in total. The molecule has 0 radical (unpaired) electrons. The van der Waals surface area contributed by atoms with Gasteiger partial charge in [-0.15, -0.1) is 0 Å².